The number of halogens is 2. The maximum Gasteiger partial charge on any atom is 0.0216 e. The molecule has 0 N–H and O–H groups in total. The van der Waals surface area contributed by atoms with Gasteiger partial charge in [0.2, 0.25) is 0 Å². The van der Waals surface area contributed by atoms with E-state index in [4.69, 9.17) is 0 Å². The highest BCUT2D eigenvalue weighted by Gasteiger charge is 2.45. The molecule has 2 aliphatic rings. The van der Waals surface area contributed by atoms with Crippen LogP contribution in [0, 0.1) is 0 Å². The lowest BCUT2D eigenvalue weighted by Crippen LogP contribution is -2.25. The maximum atomic E-state index is 3.87. The first-order valence-electron chi connectivity index (χ1n) is 11.8. The highest BCUT2D eigenvalue weighted by atomic mass is 79.9. The van der Waals surface area contributed by atoms with Crippen molar-refractivity contribution in [2.75, 3.05) is 0 Å². The Morgan fingerprint density at radius 2 is 1.10 bits per heavy atom. The number of aryl methyl sites for hydroxylation is 2. The molecule has 2 aromatic rings. The van der Waals surface area contributed by atoms with Crippen molar-refractivity contribution in [1.82, 2.24) is 0 Å². The summed E-state index contributed by atoms with van der Waals surface area (Å²) < 4.78 is 2.54. The van der Waals surface area contributed by atoms with Crippen molar-refractivity contribution >= 4 is 31.9 Å². The van der Waals surface area contributed by atoms with Crippen LogP contribution in [0.1, 0.15) is 100 Å². The zero-order chi connectivity index (χ0) is 20.4. The fourth-order valence-corrected chi connectivity index (χ4v) is 6.86. The standard InChI is InChI=1S/C27H34Br2/c1-3-5-7-9-13-27(14-10-8-6-4-2)23-17-21(28)15-19-11-12-20-16-22(29)18-24(27)26(20)25(19)23/h15-18H,3-14H2,1-2H3. The zero-order valence-corrected chi connectivity index (χ0v) is 21.2. The van der Waals surface area contributed by atoms with E-state index in [0.717, 1.165) is 0 Å². The van der Waals surface area contributed by atoms with E-state index in [0.29, 0.717) is 0 Å². The summed E-state index contributed by atoms with van der Waals surface area (Å²) in [6.45, 7) is 4.63. The van der Waals surface area contributed by atoms with E-state index in [9.17, 15) is 0 Å². The van der Waals surface area contributed by atoms with Gasteiger partial charge in [0.1, 0.15) is 0 Å². The van der Waals surface area contributed by atoms with Crippen LogP contribution in [0.2, 0.25) is 0 Å². The molecule has 0 bridgehead atoms. The van der Waals surface area contributed by atoms with Crippen LogP contribution in [-0.4, -0.2) is 0 Å². The average molecular weight is 518 g/mol. The molecular formula is C27H34Br2. The summed E-state index contributed by atoms with van der Waals surface area (Å²) in [6, 6.07) is 9.72. The molecule has 2 aromatic carbocycles. The second-order valence-electron chi connectivity index (χ2n) is 9.18. The van der Waals surface area contributed by atoms with Crippen LogP contribution >= 0.6 is 31.9 Å². The summed E-state index contributed by atoms with van der Waals surface area (Å²) in [5, 5.41) is 0. The van der Waals surface area contributed by atoms with E-state index in [1.165, 1.54) is 86.0 Å². The molecule has 0 amide bonds. The van der Waals surface area contributed by atoms with E-state index < -0.39 is 0 Å². The highest BCUT2D eigenvalue weighted by Crippen LogP contribution is 2.58. The van der Waals surface area contributed by atoms with Crippen LogP contribution < -0.4 is 0 Å². The molecule has 2 aliphatic carbocycles. The van der Waals surface area contributed by atoms with Crippen molar-refractivity contribution in [2.24, 2.45) is 0 Å². The Balaban J connectivity index is 1.83. The number of hydrogen-bond donors (Lipinski definition) is 0. The molecule has 0 saturated carbocycles. The summed E-state index contributed by atoms with van der Waals surface area (Å²) in [5.41, 5.74) is 9.79. The van der Waals surface area contributed by atoms with Crippen LogP contribution in [0.15, 0.2) is 33.2 Å². The minimum atomic E-state index is 0.202. The van der Waals surface area contributed by atoms with Crippen molar-refractivity contribution in [2.45, 2.75) is 96.3 Å². The fourth-order valence-electron chi connectivity index (χ4n) is 5.85. The minimum absolute atomic E-state index is 0.202. The van der Waals surface area contributed by atoms with Gasteiger partial charge in [-0.15, -0.1) is 0 Å². The second kappa shape index (κ2) is 9.27. The third-order valence-electron chi connectivity index (χ3n) is 7.23. The molecule has 0 nitrogen and oxygen atoms in total. The first-order valence-corrected chi connectivity index (χ1v) is 13.4. The van der Waals surface area contributed by atoms with Gasteiger partial charge in [0.25, 0.3) is 0 Å². The first kappa shape index (κ1) is 21.6. The number of unbranched alkanes of at least 4 members (excludes halogenated alkanes) is 6. The minimum Gasteiger partial charge on any atom is -0.0654 e. The molecule has 4 rings (SSSR count). The Morgan fingerprint density at radius 1 is 0.655 bits per heavy atom. The quantitative estimate of drug-likeness (QED) is 0.275. The van der Waals surface area contributed by atoms with Gasteiger partial charge in [-0.1, -0.05) is 97.1 Å². The Morgan fingerprint density at radius 3 is 1.52 bits per heavy atom. The molecular weight excluding hydrogens is 484 g/mol. The second-order valence-corrected chi connectivity index (χ2v) is 11.0. The third-order valence-corrected chi connectivity index (χ3v) is 8.14. The predicted molar refractivity (Wildman–Crippen MR) is 133 cm³/mol. The fraction of sp³-hybridized carbons (Fsp3) is 0.556. The van der Waals surface area contributed by atoms with Gasteiger partial charge in [-0.25, -0.2) is 0 Å². The molecule has 2 heteroatoms. The van der Waals surface area contributed by atoms with Crippen LogP contribution in [0.25, 0.3) is 11.1 Å². The topological polar surface area (TPSA) is 0 Å². The van der Waals surface area contributed by atoms with Gasteiger partial charge in [-0.3, -0.25) is 0 Å². The average Bonchev–Trinajstić information content (AvgIpc) is 2.97. The van der Waals surface area contributed by atoms with Gasteiger partial charge in [-0.2, -0.15) is 0 Å². The monoisotopic (exact) mass is 516 g/mol. The van der Waals surface area contributed by atoms with E-state index in [1.54, 1.807) is 33.4 Å². The maximum absolute atomic E-state index is 3.87. The van der Waals surface area contributed by atoms with Gasteiger partial charge < -0.3 is 0 Å². The van der Waals surface area contributed by atoms with Crippen molar-refractivity contribution in [3.05, 3.63) is 55.5 Å². The third kappa shape index (κ3) is 4.01. The molecule has 0 heterocycles. The van der Waals surface area contributed by atoms with Gasteiger partial charge in [0, 0.05) is 14.4 Å². The lowest BCUT2D eigenvalue weighted by molar-refractivity contribution is 0.400. The van der Waals surface area contributed by atoms with Crippen LogP contribution in [0.5, 0.6) is 0 Å². The van der Waals surface area contributed by atoms with Gasteiger partial charge in [0.05, 0.1) is 0 Å². The van der Waals surface area contributed by atoms with E-state index >= 15 is 0 Å². The van der Waals surface area contributed by atoms with Gasteiger partial charge in [0.15, 0.2) is 0 Å². The molecule has 0 aliphatic heterocycles. The van der Waals surface area contributed by atoms with Crippen LogP contribution in [-0.2, 0) is 18.3 Å². The first-order chi connectivity index (χ1) is 14.1. The molecule has 0 fully saturated rings. The Kier molecular flexibility index (Phi) is 6.91. The van der Waals surface area contributed by atoms with Crippen molar-refractivity contribution < 1.29 is 0 Å². The van der Waals surface area contributed by atoms with Gasteiger partial charge >= 0.3 is 0 Å². The summed E-state index contributed by atoms with van der Waals surface area (Å²) >= 11 is 7.73. The van der Waals surface area contributed by atoms with Gasteiger partial charge in [-0.05, 0) is 83.3 Å². The summed E-state index contributed by atoms with van der Waals surface area (Å²) in [7, 11) is 0. The smallest absolute Gasteiger partial charge is 0.0216 e. The van der Waals surface area contributed by atoms with Crippen molar-refractivity contribution in [3.63, 3.8) is 0 Å². The molecule has 0 radical (unpaired) electrons. The van der Waals surface area contributed by atoms with E-state index in [-0.39, 0.29) is 5.41 Å². The zero-order valence-electron chi connectivity index (χ0n) is 18.1. The Bertz CT molecular complexity index is 807. The van der Waals surface area contributed by atoms with Crippen LogP contribution in [0.4, 0.5) is 0 Å². The number of hydrogen-bond acceptors (Lipinski definition) is 0. The number of benzene rings is 2. The molecule has 0 atom stereocenters. The lowest BCUT2D eigenvalue weighted by Gasteiger charge is -2.33. The Hall–Kier alpha value is -0.600. The molecule has 0 aromatic heterocycles. The Labute approximate surface area is 194 Å². The predicted octanol–water partition coefficient (Wildman–Crippen LogP) is 9.52. The summed E-state index contributed by atoms with van der Waals surface area (Å²) in [4.78, 5) is 0. The molecule has 0 saturated heterocycles. The van der Waals surface area contributed by atoms with E-state index in [2.05, 4.69) is 70.0 Å². The van der Waals surface area contributed by atoms with Crippen molar-refractivity contribution in [1.29, 1.82) is 0 Å². The molecule has 0 unspecified atom stereocenters. The van der Waals surface area contributed by atoms with Crippen LogP contribution in [0.3, 0.4) is 0 Å². The molecule has 156 valence electrons. The SMILES string of the molecule is CCCCCCC1(CCCCCC)c2cc(Br)cc3c2-c2c(cc(Br)cc21)CC3. The number of rotatable bonds is 10. The largest absolute Gasteiger partial charge is 0.0654 e. The van der Waals surface area contributed by atoms with E-state index in [1.807, 2.05) is 0 Å². The lowest BCUT2D eigenvalue weighted by atomic mass is 9.70. The molecule has 0 spiro atoms. The van der Waals surface area contributed by atoms with Crippen molar-refractivity contribution in [3.8, 4) is 11.1 Å². The summed E-state index contributed by atoms with van der Waals surface area (Å²) in [6.07, 6.45) is 15.7. The molecule has 29 heavy (non-hydrogen) atoms. The summed E-state index contributed by atoms with van der Waals surface area (Å²) in [5.74, 6) is 0. The normalized spacial score (nSPS) is 15.6. The highest BCUT2D eigenvalue weighted by molar-refractivity contribution is 9.10.